The molecule has 0 aliphatic rings. The Balaban J connectivity index is 2.01. The predicted octanol–water partition coefficient (Wildman–Crippen LogP) is 4.50. The standard InChI is InChI=1S/C13H13BrFNS/c1-9(16-8-11-3-2-6-17-11)12-5-4-10(14)7-13(12)15/h2-7,9,16H,8H2,1H3. The van der Waals surface area contributed by atoms with E-state index >= 15 is 0 Å². The highest BCUT2D eigenvalue weighted by Gasteiger charge is 2.10. The van der Waals surface area contributed by atoms with Gasteiger partial charge in [-0.15, -0.1) is 11.3 Å². The molecule has 2 aromatic rings. The van der Waals surface area contributed by atoms with Crippen LogP contribution in [0.1, 0.15) is 23.4 Å². The molecular formula is C13H13BrFNS. The smallest absolute Gasteiger partial charge is 0.129 e. The Morgan fingerprint density at radius 2 is 2.24 bits per heavy atom. The fraction of sp³-hybridized carbons (Fsp3) is 0.231. The quantitative estimate of drug-likeness (QED) is 0.876. The summed E-state index contributed by atoms with van der Waals surface area (Å²) in [5, 5.41) is 5.36. The highest BCUT2D eigenvalue weighted by Crippen LogP contribution is 2.21. The molecule has 0 aliphatic heterocycles. The van der Waals surface area contributed by atoms with Crippen molar-refractivity contribution in [3.63, 3.8) is 0 Å². The molecule has 0 saturated carbocycles. The van der Waals surface area contributed by atoms with Crippen LogP contribution in [0, 0.1) is 5.82 Å². The van der Waals surface area contributed by atoms with Gasteiger partial charge in [-0.2, -0.15) is 0 Å². The molecule has 0 bridgehead atoms. The van der Waals surface area contributed by atoms with Gasteiger partial charge in [-0.05, 0) is 30.5 Å². The van der Waals surface area contributed by atoms with Gasteiger partial charge in [0, 0.05) is 27.5 Å². The summed E-state index contributed by atoms with van der Waals surface area (Å²) in [5.41, 5.74) is 0.699. The van der Waals surface area contributed by atoms with Crippen LogP contribution in [0.4, 0.5) is 4.39 Å². The summed E-state index contributed by atoms with van der Waals surface area (Å²) in [6.45, 7) is 2.74. The summed E-state index contributed by atoms with van der Waals surface area (Å²) in [5.74, 6) is -0.175. The molecule has 1 atom stereocenters. The van der Waals surface area contributed by atoms with Crippen molar-refractivity contribution in [3.8, 4) is 0 Å². The first-order valence-electron chi connectivity index (χ1n) is 5.37. The SMILES string of the molecule is CC(NCc1cccs1)c1ccc(Br)cc1F. The molecule has 1 N–H and O–H groups in total. The van der Waals surface area contributed by atoms with Gasteiger partial charge in [-0.25, -0.2) is 4.39 Å². The maximum atomic E-state index is 13.7. The normalized spacial score (nSPS) is 12.6. The van der Waals surface area contributed by atoms with E-state index in [9.17, 15) is 4.39 Å². The lowest BCUT2D eigenvalue weighted by Crippen LogP contribution is -2.18. The molecule has 1 heterocycles. The molecule has 17 heavy (non-hydrogen) atoms. The van der Waals surface area contributed by atoms with Crippen molar-refractivity contribution in [2.24, 2.45) is 0 Å². The predicted molar refractivity (Wildman–Crippen MR) is 73.7 cm³/mol. The highest BCUT2D eigenvalue weighted by atomic mass is 79.9. The monoisotopic (exact) mass is 313 g/mol. The minimum Gasteiger partial charge on any atom is -0.305 e. The van der Waals surface area contributed by atoms with Crippen molar-refractivity contribution < 1.29 is 4.39 Å². The van der Waals surface area contributed by atoms with Gasteiger partial charge in [0.05, 0.1) is 0 Å². The van der Waals surface area contributed by atoms with E-state index in [1.807, 2.05) is 30.5 Å². The van der Waals surface area contributed by atoms with Crippen LogP contribution in [0.15, 0.2) is 40.2 Å². The van der Waals surface area contributed by atoms with Gasteiger partial charge in [0.2, 0.25) is 0 Å². The van der Waals surface area contributed by atoms with Crippen molar-refractivity contribution in [1.82, 2.24) is 5.32 Å². The van der Waals surface area contributed by atoms with Crippen LogP contribution in [0.25, 0.3) is 0 Å². The van der Waals surface area contributed by atoms with E-state index in [2.05, 4.69) is 27.3 Å². The molecule has 0 saturated heterocycles. The molecule has 0 fully saturated rings. The van der Waals surface area contributed by atoms with E-state index in [1.165, 1.54) is 10.9 Å². The minimum atomic E-state index is -0.175. The zero-order valence-electron chi connectivity index (χ0n) is 9.41. The third kappa shape index (κ3) is 3.37. The average molecular weight is 314 g/mol. The first kappa shape index (κ1) is 12.7. The number of halogens is 2. The van der Waals surface area contributed by atoms with Gasteiger partial charge in [0.1, 0.15) is 5.82 Å². The van der Waals surface area contributed by atoms with E-state index < -0.39 is 0 Å². The Hall–Kier alpha value is -0.710. The van der Waals surface area contributed by atoms with Crippen LogP contribution in [0.3, 0.4) is 0 Å². The van der Waals surface area contributed by atoms with Gasteiger partial charge in [-0.3, -0.25) is 0 Å². The van der Waals surface area contributed by atoms with Gasteiger partial charge in [0.25, 0.3) is 0 Å². The molecule has 4 heteroatoms. The number of thiophene rings is 1. The molecule has 1 aromatic heterocycles. The van der Waals surface area contributed by atoms with Crippen LogP contribution in [-0.4, -0.2) is 0 Å². The second-order valence-corrected chi connectivity index (χ2v) is 5.80. The molecule has 1 nitrogen and oxygen atoms in total. The molecule has 1 unspecified atom stereocenters. The third-order valence-corrected chi connectivity index (χ3v) is 3.96. The van der Waals surface area contributed by atoms with Crippen LogP contribution >= 0.6 is 27.3 Å². The lowest BCUT2D eigenvalue weighted by atomic mass is 10.1. The lowest BCUT2D eigenvalue weighted by molar-refractivity contribution is 0.530. The lowest BCUT2D eigenvalue weighted by Gasteiger charge is -2.14. The maximum absolute atomic E-state index is 13.7. The Bertz CT molecular complexity index is 484. The summed E-state index contributed by atoms with van der Waals surface area (Å²) in [4.78, 5) is 1.26. The van der Waals surface area contributed by atoms with Gasteiger partial charge < -0.3 is 5.32 Å². The summed E-state index contributed by atoms with van der Waals surface area (Å²) in [6, 6.07) is 9.27. The number of hydrogen-bond donors (Lipinski definition) is 1. The molecule has 90 valence electrons. The average Bonchev–Trinajstić information content (AvgIpc) is 2.78. The van der Waals surface area contributed by atoms with Crippen LogP contribution in [0.2, 0.25) is 0 Å². The second-order valence-electron chi connectivity index (χ2n) is 3.85. The highest BCUT2D eigenvalue weighted by molar-refractivity contribution is 9.10. The van der Waals surface area contributed by atoms with Gasteiger partial charge in [-0.1, -0.05) is 28.1 Å². The van der Waals surface area contributed by atoms with Crippen LogP contribution in [0.5, 0.6) is 0 Å². The fourth-order valence-corrected chi connectivity index (χ4v) is 2.62. The molecule has 2 rings (SSSR count). The summed E-state index contributed by atoms with van der Waals surface area (Å²) < 4.78 is 14.5. The Morgan fingerprint density at radius 3 is 2.88 bits per heavy atom. The largest absolute Gasteiger partial charge is 0.305 e. The number of nitrogens with one attached hydrogen (secondary N) is 1. The fourth-order valence-electron chi connectivity index (χ4n) is 1.63. The minimum absolute atomic E-state index is 0.00481. The van der Waals surface area contributed by atoms with Gasteiger partial charge >= 0.3 is 0 Å². The van der Waals surface area contributed by atoms with Crippen molar-refractivity contribution in [2.75, 3.05) is 0 Å². The van der Waals surface area contributed by atoms with Crippen LogP contribution < -0.4 is 5.32 Å². The molecule has 0 spiro atoms. The molecule has 0 aliphatic carbocycles. The number of rotatable bonds is 4. The van der Waals surface area contributed by atoms with E-state index in [0.717, 1.165) is 11.0 Å². The van der Waals surface area contributed by atoms with Crippen molar-refractivity contribution in [3.05, 3.63) is 56.4 Å². The topological polar surface area (TPSA) is 12.0 Å². The first-order chi connectivity index (χ1) is 8.16. The molecule has 0 amide bonds. The zero-order valence-corrected chi connectivity index (χ0v) is 11.8. The second kappa shape index (κ2) is 5.76. The summed E-state index contributed by atoms with van der Waals surface area (Å²) in [7, 11) is 0. The van der Waals surface area contributed by atoms with E-state index in [1.54, 1.807) is 11.3 Å². The zero-order chi connectivity index (χ0) is 12.3. The molecule has 0 radical (unpaired) electrons. The Kier molecular flexibility index (Phi) is 4.31. The molecular weight excluding hydrogens is 301 g/mol. The number of benzene rings is 1. The summed E-state index contributed by atoms with van der Waals surface area (Å²) in [6.07, 6.45) is 0. The van der Waals surface area contributed by atoms with E-state index in [4.69, 9.17) is 0 Å². The van der Waals surface area contributed by atoms with Crippen molar-refractivity contribution in [1.29, 1.82) is 0 Å². The van der Waals surface area contributed by atoms with Crippen LogP contribution in [-0.2, 0) is 6.54 Å². The van der Waals surface area contributed by atoms with E-state index in [-0.39, 0.29) is 11.9 Å². The van der Waals surface area contributed by atoms with Gasteiger partial charge in [0.15, 0.2) is 0 Å². The maximum Gasteiger partial charge on any atom is 0.129 e. The number of hydrogen-bond acceptors (Lipinski definition) is 2. The molecule has 1 aromatic carbocycles. The summed E-state index contributed by atoms with van der Waals surface area (Å²) >= 11 is 4.96. The first-order valence-corrected chi connectivity index (χ1v) is 7.05. The third-order valence-electron chi connectivity index (χ3n) is 2.59. The van der Waals surface area contributed by atoms with Crippen molar-refractivity contribution in [2.45, 2.75) is 19.5 Å². The van der Waals surface area contributed by atoms with Crippen molar-refractivity contribution >= 4 is 27.3 Å². The Morgan fingerprint density at radius 1 is 1.41 bits per heavy atom. The van der Waals surface area contributed by atoms with E-state index in [0.29, 0.717) is 5.56 Å². The Labute approximate surface area is 113 Å².